The highest BCUT2D eigenvalue weighted by molar-refractivity contribution is 7.14. The van der Waals surface area contributed by atoms with Crippen LogP contribution >= 0.6 is 11.3 Å². The van der Waals surface area contributed by atoms with E-state index in [1.54, 1.807) is 6.07 Å². The van der Waals surface area contributed by atoms with E-state index >= 15 is 0 Å². The molecule has 0 spiro atoms. The minimum absolute atomic E-state index is 0.0751. The zero-order valence-electron chi connectivity index (χ0n) is 10.7. The topological polar surface area (TPSA) is 81.0 Å². The number of nitro benzene ring substituents is 1. The van der Waals surface area contributed by atoms with Crippen molar-refractivity contribution in [1.82, 2.24) is 15.5 Å². The summed E-state index contributed by atoms with van der Waals surface area (Å²) in [6.07, 6.45) is 0. The van der Waals surface area contributed by atoms with Crippen molar-refractivity contribution >= 4 is 17.0 Å². The van der Waals surface area contributed by atoms with E-state index in [9.17, 15) is 10.1 Å². The van der Waals surface area contributed by atoms with Crippen LogP contribution in [0, 0.1) is 17.0 Å². The minimum Gasteiger partial charge on any atom is -0.311 e. The number of nitrogens with one attached hydrogen (secondary N) is 1. The van der Waals surface area contributed by atoms with Crippen molar-refractivity contribution in [3.05, 3.63) is 38.9 Å². The molecule has 0 bridgehead atoms. The van der Waals surface area contributed by atoms with Gasteiger partial charge in [0.2, 0.25) is 0 Å². The third kappa shape index (κ3) is 2.94. The summed E-state index contributed by atoms with van der Waals surface area (Å²) in [4.78, 5) is 10.7. The van der Waals surface area contributed by atoms with E-state index in [-0.39, 0.29) is 10.6 Å². The molecule has 0 atom stereocenters. The molecule has 0 unspecified atom stereocenters. The molecule has 1 heterocycles. The summed E-state index contributed by atoms with van der Waals surface area (Å²) in [6.45, 7) is 5.33. The maximum absolute atomic E-state index is 11.1. The molecule has 0 aliphatic rings. The first kappa shape index (κ1) is 13.6. The van der Waals surface area contributed by atoms with Crippen molar-refractivity contribution in [3.8, 4) is 10.6 Å². The average molecular weight is 278 g/mol. The molecule has 0 amide bonds. The second-order valence-corrected chi connectivity index (χ2v) is 5.07. The first-order valence-corrected chi connectivity index (χ1v) is 6.72. The number of benzene rings is 1. The van der Waals surface area contributed by atoms with E-state index in [0.29, 0.717) is 17.1 Å². The van der Waals surface area contributed by atoms with Crippen LogP contribution in [-0.2, 0) is 6.54 Å². The second kappa shape index (κ2) is 5.85. The molecule has 0 saturated carbocycles. The summed E-state index contributed by atoms with van der Waals surface area (Å²) < 4.78 is 0. The molecule has 0 fully saturated rings. The summed E-state index contributed by atoms with van der Waals surface area (Å²) in [6, 6.07) is 5.01. The SMILES string of the molecule is CCNCc1nnc(-c2c(C)cccc2[N+](=O)[O-])s1. The maximum Gasteiger partial charge on any atom is 0.279 e. The van der Waals surface area contributed by atoms with Crippen LogP contribution in [0.1, 0.15) is 17.5 Å². The third-order valence-electron chi connectivity index (χ3n) is 2.65. The van der Waals surface area contributed by atoms with Crippen molar-refractivity contribution in [2.75, 3.05) is 6.54 Å². The normalized spacial score (nSPS) is 10.6. The monoisotopic (exact) mass is 278 g/mol. The van der Waals surface area contributed by atoms with Crippen LogP contribution in [-0.4, -0.2) is 21.7 Å². The van der Waals surface area contributed by atoms with E-state index in [2.05, 4.69) is 15.5 Å². The Hall–Kier alpha value is -1.86. The average Bonchev–Trinajstić information content (AvgIpc) is 2.84. The highest BCUT2D eigenvalue weighted by atomic mass is 32.1. The molecule has 100 valence electrons. The largest absolute Gasteiger partial charge is 0.311 e. The van der Waals surface area contributed by atoms with Gasteiger partial charge in [-0.25, -0.2) is 0 Å². The van der Waals surface area contributed by atoms with Crippen molar-refractivity contribution in [2.24, 2.45) is 0 Å². The molecule has 6 nitrogen and oxygen atoms in total. The molecule has 0 aliphatic heterocycles. The Labute approximate surface area is 114 Å². The number of aromatic nitrogens is 2. The molecular formula is C12H14N4O2S. The zero-order chi connectivity index (χ0) is 13.8. The molecule has 19 heavy (non-hydrogen) atoms. The molecule has 1 aromatic heterocycles. The summed E-state index contributed by atoms with van der Waals surface area (Å²) in [5, 5.41) is 23.8. The summed E-state index contributed by atoms with van der Waals surface area (Å²) >= 11 is 1.38. The smallest absolute Gasteiger partial charge is 0.279 e. The van der Waals surface area contributed by atoms with Crippen LogP contribution < -0.4 is 5.32 Å². The van der Waals surface area contributed by atoms with Crippen LogP contribution in [0.25, 0.3) is 10.6 Å². The van der Waals surface area contributed by atoms with E-state index in [1.165, 1.54) is 17.4 Å². The minimum atomic E-state index is -0.381. The number of nitro groups is 1. The highest BCUT2D eigenvalue weighted by Crippen LogP contribution is 2.34. The summed E-state index contributed by atoms with van der Waals surface area (Å²) in [7, 11) is 0. The predicted molar refractivity (Wildman–Crippen MR) is 74.1 cm³/mol. The fourth-order valence-corrected chi connectivity index (χ4v) is 2.67. The van der Waals surface area contributed by atoms with Gasteiger partial charge in [-0.2, -0.15) is 0 Å². The van der Waals surface area contributed by atoms with Gasteiger partial charge in [0.1, 0.15) is 5.01 Å². The Morgan fingerprint density at radius 1 is 1.42 bits per heavy atom. The van der Waals surface area contributed by atoms with Crippen molar-refractivity contribution in [1.29, 1.82) is 0 Å². The number of nitrogens with zero attached hydrogens (tertiary/aromatic N) is 3. The Kier molecular flexibility index (Phi) is 4.18. The zero-order valence-corrected chi connectivity index (χ0v) is 11.5. The van der Waals surface area contributed by atoms with Gasteiger partial charge in [-0.15, -0.1) is 10.2 Å². The van der Waals surface area contributed by atoms with E-state index in [1.807, 2.05) is 19.9 Å². The van der Waals surface area contributed by atoms with Gasteiger partial charge in [-0.05, 0) is 19.0 Å². The molecule has 0 saturated heterocycles. The Morgan fingerprint density at radius 2 is 2.21 bits per heavy atom. The lowest BCUT2D eigenvalue weighted by atomic mass is 10.1. The fraction of sp³-hybridized carbons (Fsp3) is 0.333. The van der Waals surface area contributed by atoms with E-state index in [0.717, 1.165) is 17.1 Å². The van der Waals surface area contributed by atoms with Gasteiger partial charge < -0.3 is 5.32 Å². The van der Waals surface area contributed by atoms with Crippen LogP contribution in [0.2, 0.25) is 0 Å². The molecule has 0 aliphatic carbocycles. The van der Waals surface area contributed by atoms with Crippen LogP contribution in [0.5, 0.6) is 0 Å². The number of hydrogen-bond donors (Lipinski definition) is 1. The Balaban J connectivity index is 2.41. The van der Waals surface area contributed by atoms with Gasteiger partial charge in [-0.3, -0.25) is 10.1 Å². The van der Waals surface area contributed by atoms with E-state index < -0.39 is 0 Å². The number of hydrogen-bond acceptors (Lipinski definition) is 6. The number of aryl methyl sites for hydroxylation is 1. The highest BCUT2D eigenvalue weighted by Gasteiger charge is 2.20. The molecule has 0 radical (unpaired) electrons. The van der Waals surface area contributed by atoms with Gasteiger partial charge in [0.05, 0.1) is 10.5 Å². The van der Waals surface area contributed by atoms with Gasteiger partial charge in [-0.1, -0.05) is 30.4 Å². The first-order valence-electron chi connectivity index (χ1n) is 5.91. The third-order valence-corrected chi connectivity index (χ3v) is 3.60. The van der Waals surface area contributed by atoms with Crippen LogP contribution in [0.3, 0.4) is 0 Å². The molecule has 2 rings (SSSR count). The molecule has 1 N–H and O–H groups in total. The predicted octanol–water partition coefficient (Wildman–Crippen LogP) is 2.53. The Morgan fingerprint density at radius 3 is 2.89 bits per heavy atom. The van der Waals surface area contributed by atoms with Crippen molar-refractivity contribution < 1.29 is 4.92 Å². The lowest BCUT2D eigenvalue weighted by Gasteiger charge is -2.02. The van der Waals surface area contributed by atoms with Gasteiger partial charge in [0.25, 0.3) is 5.69 Å². The lowest BCUT2D eigenvalue weighted by Crippen LogP contribution is -2.11. The van der Waals surface area contributed by atoms with E-state index in [4.69, 9.17) is 0 Å². The van der Waals surface area contributed by atoms with Crippen LogP contribution in [0.4, 0.5) is 5.69 Å². The van der Waals surface area contributed by atoms with Crippen molar-refractivity contribution in [3.63, 3.8) is 0 Å². The molecule has 2 aromatic rings. The first-order chi connectivity index (χ1) is 9.13. The summed E-state index contributed by atoms with van der Waals surface area (Å²) in [5.41, 5.74) is 1.47. The standard InChI is InChI=1S/C12H14N4O2S/c1-3-13-7-10-14-15-12(19-10)11-8(2)5-4-6-9(11)16(17)18/h4-6,13H,3,7H2,1-2H3. The quantitative estimate of drug-likeness (QED) is 0.671. The Bertz CT molecular complexity index is 597. The molecular weight excluding hydrogens is 264 g/mol. The molecule has 1 aromatic carbocycles. The second-order valence-electron chi connectivity index (χ2n) is 4.01. The van der Waals surface area contributed by atoms with Gasteiger partial charge >= 0.3 is 0 Å². The maximum atomic E-state index is 11.1. The van der Waals surface area contributed by atoms with Crippen LogP contribution in [0.15, 0.2) is 18.2 Å². The fourth-order valence-electron chi connectivity index (χ4n) is 1.74. The van der Waals surface area contributed by atoms with Gasteiger partial charge in [0, 0.05) is 12.6 Å². The van der Waals surface area contributed by atoms with Crippen molar-refractivity contribution in [2.45, 2.75) is 20.4 Å². The summed E-state index contributed by atoms with van der Waals surface area (Å²) in [5.74, 6) is 0. The van der Waals surface area contributed by atoms with Gasteiger partial charge in [0.15, 0.2) is 5.01 Å². The number of rotatable bonds is 5. The molecule has 7 heteroatoms. The lowest BCUT2D eigenvalue weighted by molar-refractivity contribution is -0.384.